The minimum atomic E-state index is 1.04. The van der Waals surface area contributed by atoms with E-state index in [-0.39, 0.29) is 0 Å². The second-order valence-electron chi connectivity index (χ2n) is 2.21. The van der Waals surface area contributed by atoms with Crippen LogP contribution in [0.3, 0.4) is 0 Å². The van der Waals surface area contributed by atoms with Gasteiger partial charge in [-0.2, -0.15) is 0 Å². The van der Waals surface area contributed by atoms with E-state index < -0.39 is 0 Å². The Morgan fingerprint density at radius 1 is 1.18 bits per heavy atom. The molecule has 0 bridgehead atoms. The molecule has 0 heterocycles. The summed E-state index contributed by atoms with van der Waals surface area (Å²) >= 11 is 10.4. The number of rotatable bonds is 1. The van der Waals surface area contributed by atoms with Crippen LogP contribution in [-0.2, 0) is 6.42 Å². The number of aryl methyl sites for hydroxylation is 1. The van der Waals surface area contributed by atoms with Crippen molar-refractivity contribution in [1.29, 1.82) is 0 Å². The van der Waals surface area contributed by atoms with E-state index in [0.29, 0.717) is 0 Å². The Kier molecular flexibility index (Phi) is 3.59. The second-order valence-corrected chi connectivity index (χ2v) is 4.78. The predicted octanol–water partition coefficient (Wildman–Crippen LogP) is 4.54. The Labute approximate surface area is 91.8 Å². The van der Waals surface area contributed by atoms with E-state index in [4.69, 9.17) is 0 Å². The summed E-state index contributed by atoms with van der Waals surface area (Å²) in [5.74, 6) is 0. The molecule has 1 aromatic rings. The third-order valence-electron chi connectivity index (χ3n) is 1.45. The van der Waals surface area contributed by atoms with Crippen LogP contribution in [0.5, 0.6) is 0 Å². The Morgan fingerprint density at radius 2 is 1.82 bits per heavy atom. The van der Waals surface area contributed by atoms with Gasteiger partial charge < -0.3 is 0 Å². The minimum absolute atomic E-state index is 1.04. The minimum Gasteiger partial charge on any atom is -0.0613 e. The van der Waals surface area contributed by atoms with Crippen molar-refractivity contribution in [3.63, 3.8) is 0 Å². The molecule has 0 radical (unpaired) electrons. The van der Waals surface area contributed by atoms with Crippen LogP contribution in [0.2, 0.25) is 0 Å². The number of hydrogen-bond acceptors (Lipinski definition) is 0. The van der Waals surface area contributed by atoms with Crippen LogP contribution in [0.25, 0.3) is 0 Å². The van der Waals surface area contributed by atoms with Crippen molar-refractivity contribution in [1.82, 2.24) is 0 Å². The topological polar surface area (TPSA) is 0 Å². The molecule has 0 N–H and O–H groups in total. The van der Waals surface area contributed by atoms with Crippen molar-refractivity contribution in [2.45, 2.75) is 13.3 Å². The predicted molar refractivity (Wildman–Crippen MR) is 58.9 cm³/mol. The average molecular weight is 343 g/mol. The first-order valence-electron chi connectivity index (χ1n) is 3.28. The molecule has 0 unspecified atom stereocenters. The zero-order valence-electron chi connectivity index (χ0n) is 6.00. The first kappa shape index (κ1) is 9.75. The highest BCUT2D eigenvalue weighted by atomic mass is 79.9. The Bertz CT molecular complexity index is 268. The van der Waals surface area contributed by atoms with Crippen molar-refractivity contribution in [3.05, 3.63) is 31.1 Å². The van der Waals surface area contributed by atoms with Gasteiger partial charge in [-0.3, -0.25) is 0 Å². The summed E-state index contributed by atoms with van der Waals surface area (Å²) in [5.41, 5.74) is 1.31. The van der Waals surface area contributed by atoms with Crippen LogP contribution in [0, 0.1) is 0 Å². The molecule has 3 heteroatoms. The standard InChI is InChI=1S/C8H7Br3/c1-2-5-3-6(9)4-7(10)8(5)11/h3-4H,2H2,1H3. The first-order chi connectivity index (χ1) is 5.15. The fraction of sp³-hybridized carbons (Fsp3) is 0.250. The fourth-order valence-corrected chi connectivity index (χ4v) is 2.69. The lowest BCUT2D eigenvalue weighted by Crippen LogP contribution is -1.83. The van der Waals surface area contributed by atoms with E-state index in [1.54, 1.807) is 0 Å². The van der Waals surface area contributed by atoms with Crippen LogP contribution in [0.4, 0.5) is 0 Å². The lowest BCUT2D eigenvalue weighted by molar-refractivity contribution is 1.12. The molecule has 0 aliphatic rings. The van der Waals surface area contributed by atoms with Gasteiger partial charge in [-0.1, -0.05) is 22.9 Å². The second kappa shape index (κ2) is 4.06. The van der Waals surface area contributed by atoms with Crippen LogP contribution in [-0.4, -0.2) is 0 Å². The zero-order chi connectivity index (χ0) is 8.43. The van der Waals surface area contributed by atoms with E-state index in [0.717, 1.165) is 19.8 Å². The van der Waals surface area contributed by atoms with Crippen molar-refractivity contribution >= 4 is 47.8 Å². The highest BCUT2D eigenvalue weighted by Crippen LogP contribution is 2.30. The van der Waals surface area contributed by atoms with Gasteiger partial charge in [0.2, 0.25) is 0 Å². The van der Waals surface area contributed by atoms with Crippen molar-refractivity contribution in [2.75, 3.05) is 0 Å². The molecule has 0 fully saturated rings. The largest absolute Gasteiger partial charge is 0.0613 e. The molecule has 0 nitrogen and oxygen atoms in total. The summed E-state index contributed by atoms with van der Waals surface area (Å²) in [4.78, 5) is 0. The molecule has 1 rings (SSSR count). The molecule has 0 spiro atoms. The van der Waals surface area contributed by atoms with E-state index in [9.17, 15) is 0 Å². The summed E-state index contributed by atoms with van der Waals surface area (Å²) in [6.07, 6.45) is 1.04. The first-order valence-corrected chi connectivity index (χ1v) is 5.66. The van der Waals surface area contributed by atoms with Crippen LogP contribution in [0.15, 0.2) is 25.6 Å². The third kappa shape index (κ3) is 2.30. The maximum Gasteiger partial charge on any atom is 0.0350 e. The zero-order valence-corrected chi connectivity index (χ0v) is 10.8. The number of benzene rings is 1. The monoisotopic (exact) mass is 340 g/mol. The molecule has 11 heavy (non-hydrogen) atoms. The fourth-order valence-electron chi connectivity index (χ4n) is 0.867. The highest BCUT2D eigenvalue weighted by molar-refractivity contribution is 9.13. The smallest absolute Gasteiger partial charge is 0.0350 e. The Morgan fingerprint density at radius 3 is 2.36 bits per heavy atom. The van der Waals surface area contributed by atoms with Gasteiger partial charge >= 0.3 is 0 Å². The summed E-state index contributed by atoms with van der Waals surface area (Å²) in [6.45, 7) is 2.14. The highest BCUT2D eigenvalue weighted by Gasteiger charge is 2.02. The number of hydrogen-bond donors (Lipinski definition) is 0. The van der Waals surface area contributed by atoms with Crippen LogP contribution in [0.1, 0.15) is 12.5 Å². The average Bonchev–Trinajstić information content (AvgIpc) is 1.96. The lowest BCUT2D eigenvalue weighted by Gasteiger charge is -2.03. The summed E-state index contributed by atoms with van der Waals surface area (Å²) < 4.78 is 3.37. The van der Waals surface area contributed by atoms with Gasteiger partial charge in [-0.25, -0.2) is 0 Å². The quantitative estimate of drug-likeness (QED) is 0.657. The summed E-state index contributed by atoms with van der Waals surface area (Å²) in [6, 6.07) is 4.15. The summed E-state index contributed by atoms with van der Waals surface area (Å²) in [5, 5.41) is 0. The van der Waals surface area contributed by atoms with E-state index >= 15 is 0 Å². The van der Waals surface area contributed by atoms with E-state index in [2.05, 4.69) is 60.8 Å². The Hall–Kier alpha value is 0.660. The molecule has 1 aromatic carbocycles. The molecule has 60 valence electrons. The van der Waals surface area contributed by atoms with Crippen molar-refractivity contribution in [3.8, 4) is 0 Å². The molecule has 0 aromatic heterocycles. The maximum atomic E-state index is 3.51. The van der Waals surface area contributed by atoms with Gasteiger partial charge in [0.1, 0.15) is 0 Å². The van der Waals surface area contributed by atoms with Gasteiger partial charge in [-0.05, 0) is 56.0 Å². The lowest BCUT2D eigenvalue weighted by atomic mass is 10.2. The molecular weight excluding hydrogens is 336 g/mol. The van der Waals surface area contributed by atoms with Gasteiger partial charge in [0.25, 0.3) is 0 Å². The summed E-state index contributed by atoms with van der Waals surface area (Å²) in [7, 11) is 0. The molecule has 0 atom stereocenters. The molecule has 0 aliphatic carbocycles. The van der Waals surface area contributed by atoms with Crippen molar-refractivity contribution < 1.29 is 0 Å². The van der Waals surface area contributed by atoms with Gasteiger partial charge in [0, 0.05) is 13.4 Å². The molecule has 0 aliphatic heterocycles. The third-order valence-corrected chi connectivity index (χ3v) is 4.00. The maximum absolute atomic E-state index is 3.51. The van der Waals surface area contributed by atoms with Gasteiger partial charge in [0.05, 0.1) is 0 Å². The molecule has 0 amide bonds. The SMILES string of the molecule is CCc1cc(Br)cc(Br)c1Br. The molecular formula is C8H7Br3. The van der Waals surface area contributed by atoms with E-state index in [1.165, 1.54) is 5.56 Å². The molecule has 0 saturated carbocycles. The number of halogens is 3. The van der Waals surface area contributed by atoms with Gasteiger partial charge in [-0.15, -0.1) is 0 Å². The van der Waals surface area contributed by atoms with E-state index in [1.807, 2.05) is 6.07 Å². The normalized spacial score (nSPS) is 10.2. The van der Waals surface area contributed by atoms with Gasteiger partial charge in [0.15, 0.2) is 0 Å². The van der Waals surface area contributed by atoms with Crippen LogP contribution >= 0.6 is 47.8 Å². The Balaban J connectivity index is 3.24. The molecule has 0 saturated heterocycles. The van der Waals surface area contributed by atoms with Crippen LogP contribution < -0.4 is 0 Å². The van der Waals surface area contributed by atoms with Crippen molar-refractivity contribution in [2.24, 2.45) is 0 Å².